The Morgan fingerprint density at radius 3 is 2.42 bits per heavy atom. The largest absolute Gasteiger partial charge is 0.494 e. The van der Waals surface area contributed by atoms with Gasteiger partial charge < -0.3 is 14.6 Å². The van der Waals surface area contributed by atoms with Gasteiger partial charge in [0.05, 0.1) is 18.2 Å². The van der Waals surface area contributed by atoms with Crippen molar-refractivity contribution in [1.29, 1.82) is 0 Å². The van der Waals surface area contributed by atoms with Crippen LogP contribution in [0.25, 0.3) is 17.0 Å². The summed E-state index contributed by atoms with van der Waals surface area (Å²) < 4.78 is 11.5. The molecule has 0 saturated heterocycles. The Morgan fingerprint density at radius 2 is 1.72 bits per heavy atom. The number of aryl methyl sites for hydroxylation is 2. The van der Waals surface area contributed by atoms with Crippen molar-refractivity contribution in [3.05, 3.63) is 101 Å². The molecular formula is C29H28N4O2S. The zero-order valence-corrected chi connectivity index (χ0v) is 21.6. The van der Waals surface area contributed by atoms with Gasteiger partial charge in [-0.2, -0.15) is 4.98 Å². The van der Waals surface area contributed by atoms with E-state index in [1.165, 1.54) is 11.1 Å². The lowest BCUT2D eigenvalue weighted by Gasteiger charge is -2.37. The molecule has 0 bridgehead atoms. The molecule has 0 spiro atoms. The highest BCUT2D eigenvalue weighted by atomic mass is 32.1. The summed E-state index contributed by atoms with van der Waals surface area (Å²) in [5, 5.41) is 8.43. The fourth-order valence-corrected chi connectivity index (χ4v) is 4.78. The van der Waals surface area contributed by atoms with Gasteiger partial charge in [-0.05, 0) is 80.9 Å². The first-order valence-corrected chi connectivity index (χ1v) is 12.4. The SMILES string of the molecule is CCOc1ccc(N2C(=S)NC(c3ccc(C)c(C)c3)C(c3nc(-c4ccccc4)no3)=C2C)cc1. The molecule has 1 unspecified atom stereocenters. The second-order valence-electron chi connectivity index (χ2n) is 8.78. The van der Waals surface area contributed by atoms with E-state index in [0.29, 0.717) is 23.4 Å². The lowest BCUT2D eigenvalue weighted by atomic mass is 9.92. The maximum Gasteiger partial charge on any atom is 0.258 e. The van der Waals surface area contributed by atoms with Gasteiger partial charge in [-0.3, -0.25) is 4.90 Å². The molecule has 0 fully saturated rings. The van der Waals surface area contributed by atoms with Crippen LogP contribution in [0, 0.1) is 13.8 Å². The molecule has 6 nitrogen and oxygen atoms in total. The first-order chi connectivity index (χ1) is 17.5. The summed E-state index contributed by atoms with van der Waals surface area (Å²) in [4.78, 5) is 6.80. The summed E-state index contributed by atoms with van der Waals surface area (Å²) in [6, 6.07) is 23.9. The van der Waals surface area contributed by atoms with E-state index in [9.17, 15) is 0 Å². The number of ether oxygens (including phenoxy) is 1. The van der Waals surface area contributed by atoms with Gasteiger partial charge in [0.2, 0.25) is 5.82 Å². The Hall–Kier alpha value is -3.97. The predicted octanol–water partition coefficient (Wildman–Crippen LogP) is 6.62. The molecule has 3 aromatic carbocycles. The topological polar surface area (TPSA) is 63.4 Å². The molecule has 1 aromatic heterocycles. The maximum atomic E-state index is 5.87. The van der Waals surface area contributed by atoms with Crippen LogP contribution in [0.4, 0.5) is 5.69 Å². The Kier molecular flexibility index (Phi) is 6.57. The van der Waals surface area contributed by atoms with Gasteiger partial charge in [0.1, 0.15) is 5.75 Å². The van der Waals surface area contributed by atoms with Gasteiger partial charge in [-0.25, -0.2) is 0 Å². The highest BCUT2D eigenvalue weighted by Gasteiger charge is 2.35. The van der Waals surface area contributed by atoms with Crippen LogP contribution in [-0.4, -0.2) is 21.9 Å². The molecule has 0 radical (unpaired) electrons. The minimum atomic E-state index is -0.236. The minimum absolute atomic E-state index is 0.236. The first-order valence-electron chi connectivity index (χ1n) is 12.0. The van der Waals surface area contributed by atoms with Crippen LogP contribution in [0.3, 0.4) is 0 Å². The summed E-state index contributed by atoms with van der Waals surface area (Å²) in [5.41, 5.74) is 7.16. The molecule has 1 aliphatic heterocycles. The van der Waals surface area contributed by atoms with Crippen LogP contribution in [0.5, 0.6) is 5.75 Å². The Morgan fingerprint density at radius 1 is 0.972 bits per heavy atom. The van der Waals surface area contributed by atoms with Gasteiger partial charge in [-0.15, -0.1) is 0 Å². The third kappa shape index (κ3) is 4.50. The number of aromatic nitrogens is 2. The molecule has 0 amide bonds. The fraction of sp³-hybridized carbons (Fsp3) is 0.207. The van der Waals surface area contributed by atoms with Gasteiger partial charge in [0.15, 0.2) is 5.11 Å². The van der Waals surface area contributed by atoms with Crippen molar-refractivity contribution in [2.24, 2.45) is 0 Å². The van der Waals surface area contributed by atoms with Crippen LogP contribution in [0.1, 0.15) is 42.5 Å². The number of hydrogen-bond acceptors (Lipinski definition) is 5. The van der Waals surface area contributed by atoms with Gasteiger partial charge in [-0.1, -0.05) is 53.7 Å². The number of nitrogens with zero attached hydrogens (tertiary/aromatic N) is 3. The summed E-state index contributed by atoms with van der Waals surface area (Å²) in [6.45, 7) is 8.85. The highest BCUT2D eigenvalue weighted by molar-refractivity contribution is 7.80. The van der Waals surface area contributed by atoms with E-state index in [4.69, 9.17) is 26.5 Å². The smallest absolute Gasteiger partial charge is 0.258 e. The van der Waals surface area contributed by atoms with Crippen LogP contribution in [0.15, 0.2) is 83.0 Å². The van der Waals surface area contributed by atoms with Crippen LogP contribution < -0.4 is 15.0 Å². The second kappa shape index (κ2) is 9.95. The van der Waals surface area contributed by atoms with Crippen LogP contribution in [0.2, 0.25) is 0 Å². The zero-order valence-electron chi connectivity index (χ0n) is 20.8. The molecule has 7 heteroatoms. The van der Waals surface area contributed by atoms with Crippen LogP contribution in [-0.2, 0) is 0 Å². The molecule has 36 heavy (non-hydrogen) atoms. The summed E-state index contributed by atoms with van der Waals surface area (Å²) in [5.74, 6) is 1.82. The van der Waals surface area contributed by atoms with Crippen LogP contribution >= 0.6 is 12.2 Å². The van der Waals surface area contributed by atoms with Crippen molar-refractivity contribution in [3.63, 3.8) is 0 Å². The average molecular weight is 497 g/mol. The molecule has 1 N–H and O–H groups in total. The Balaban J connectivity index is 1.63. The molecule has 182 valence electrons. The fourth-order valence-electron chi connectivity index (χ4n) is 4.42. The van der Waals surface area contributed by atoms with E-state index >= 15 is 0 Å². The number of anilines is 1. The summed E-state index contributed by atoms with van der Waals surface area (Å²) in [7, 11) is 0. The maximum absolute atomic E-state index is 5.87. The van der Waals surface area contributed by atoms with Crippen molar-refractivity contribution in [1.82, 2.24) is 15.5 Å². The van der Waals surface area contributed by atoms with Crippen molar-refractivity contribution >= 4 is 28.6 Å². The van der Waals surface area contributed by atoms with E-state index in [-0.39, 0.29) is 6.04 Å². The van der Waals surface area contributed by atoms with E-state index in [1.807, 2.05) is 73.3 Å². The van der Waals surface area contributed by atoms with E-state index < -0.39 is 0 Å². The summed E-state index contributed by atoms with van der Waals surface area (Å²) in [6.07, 6.45) is 0. The Bertz CT molecular complexity index is 1430. The third-order valence-electron chi connectivity index (χ3n) is 6.44. The molecular weight excluding hydrogens is 468 g/mol. The molecule has 1 aliphatic rings. The van der Waals surface area contributed by atoms with Crippen molar-refractivity contribution in [2.75, 3.05) is 11.5 Å². The normalized spacial score (nSPS) is 15.7. The number of nitrogens with one attached hydrogen (secondary N) is 1. The zero-order chi connectivity index (χ0) is 25.2. The Labute approximate surface area is 216 Å². The number of allylic oxidation sites excluding steroid dienone is 1. The number of hydrogen-bond donors (Lipinski definition) is 1. The number of benzene rings is 3. The van der Waals surface area contributed by atoms with Gasteiger partial charge >= 0.3 is 0 Å². The minimum Gasteiger partial charge on any atom is -0.494 e. The molecule has 0 aliphatic carbocycles. The first kappa shape index (κ1) is 23.8. The van der Waals surface area contributed by atoms with Gasteiger partial charge in [0.25, 0.3) is 5.89 Å². The van der Waals surface area contributed by atoms with E-state index in [1.54, 1.807) is 0 Å². The quantitative estimate of drug-likeness (QED) is 0.301. The number of thiocarbonyl (C=S) groups is 1. The molecule has 2 heterocycles. The molecule has 5 rings (SSSR count). The second-order valence-corrected chi connectivity index (χ2v) is 9.16. The average Bonchev–Trinajstić information content (AvgIpc) is 3.37. The predicted molar refractivity (Wildman–Crippen MR) is 147 cm³/mol. The van der Waals surface area contributed by atoms with E-state index in [0.717, 1.165) is 33.8 Å². The summed E-state index contributed by atoms with van der Waals surface area (Å²) >= 11 is 5.87. The molecule has 1 atom stereocenters. The van der Waals surface area contributed by atoms with Crippen molar-refractivity contribution in [2.45, 2.75) is 33.7 Å². The standard InChI is InChI=1S/C29H28N4O2S/c1-5-34-24-15-13-23(14-16-24)33-20(4)25(28-31-27(32-35-28)21-9-7-6-8-10-21)26(30-29(33)36)22-12-11-18(2)19(3)17-22/h6-17,26H,5H2,1-4H3,(H,30,36). The molecule has 4 aromatic rings. The lowest BCUT2D eigenvalue weighted by molar-refractivity contribution is 0.340. The monoisotopic (exact) mass is 496 g/mol. The molecule has 0 saturated carbocycles. The third-order valence-corrected chi connectivity index (χ3v) is 6.74. The van der Waals surface area contributed by atoms with Crippen molar-refractivity contribution < 1.29 is 9.26 Å². The van der Waals surface area contributed by atoms with E-state index in [2.05, 4.69) is 42.5 Å². The number of rotatable bonds is 6. The van der Waals surface area contributed by atoms with Gasteiger partial charge in [0, 0.05) is 16.9 Å². The van der Waals surface area contributed by atoms with Crippen molar-refractivity contribution in [3.8, 4) is 17.1 Å². The lowest BCUT2D eigenvalue weighted by Crippen LogP contribution is -2.46. The highest BCUT2D eigenvalue weighted by Crippen LogP contribution is 2.39.